The second kappa shape index (κ2) is 4.46. The van der Waals surface area contributed by atoms with Crippen molar-refractivity contribution in [2.24, 2.45) is 0 Å². The number of thiazole rings is 1. The lowest BCUT2D eigenvalue weighted by atomic mass is 10.0. The Balaban J connectivity index is 1.85. The largest absolute Gasteiger partial charge is 0.373 e. The summed E-state index contributed by atoms with van der Waals surface area (Å²) in [5.41, 5.74) is -0.259. The third kappa shape index (κ3) is 2.17. The normalized spacial score (nSPS) is 23.0. The van der Waals surface area contributed by atoms with Gasteiger partial charge in [0.1, 0.15) is 6.20 Å². The number of hydrogen-bond donors (Lipinski definition) is 1. The number of nitrogens with zero attached hydrogens (tertiary/aromatic N) is 3. The van der Waals surface area contributed by atoms with Crippen molar-refractivity contribution in [2.75, 3.05) is 18.5 Å². The molecule has 3 rings (SSSR count). The van der Waals surface area contributed by atoms with Crippen molar-refractivity contribution in [3.8, 4) is 0 Å². The van der Waals surface area contributed by atoms with Crippen LogP contribution in [-0.2, 0) is 4.74 Å². The van der Waals surface area contributed by atoms with Crippen LogP contribution in [0.5, 0.6) is 0 Å². The van der Waals surface area contributed by atoms with E-state index in [4.69, 9.17) is 4.74 Å². The van der Waals surface area contributed by atoms with Gasteiger partial charge in [0.05, 0.1) is 5.60 Å². The summed E-state index contributed by atoms with van der Waals surface area (Å²) in [5, 5.41) is 16.0. The van der Waals surface area contributed by atoms with Crippen LogP contribution in [0.4, 0.5) is 11.6 Å². The van der Waals surface area contributed by atoms with Crippen molar-refractivity contribution in [1.29, 1.82) is 0 Å². The molecule has 1 aliphatic heterocycles. The van der Waals surface area contributed by atoms with Gasteiger partial charge in [0.2, 0.25) is 5.82 Å². The van der Waals surface area contributed by atoms with Gasteiger partial charge in [0.25, 0.3) is 4.96 Å². The summed E-state index contributed by atoms with van der Waals surface area (Å²) in [6.07, 6.45) is 3.64. The predicted octanol–water partition coefficient (Wildman–Crippen LogP) is 2.29. The minimum Gasteiger partial charge on any atom is -0.373 e. The summed E-state index contributed by atoms with van der Waals surface area (Å²) in [7, 11) is 0. The molecule has 102 valence electrons. The highest BCUT2D eigenvalue weighted by atomic mass is 32.1. The van der Waals surface area contributed by atoms with Crippen molar-refractivity contribution < 1.29 is 9.66 Å². The molecular formula is C11H14N4O3S. The van der Waals surface area contributed by atoms with Crippen LogP contribution in [0.3, 0.4) is 0 Å². The first-order chi connectivity index (χ1) is 9.09. The molecule has 0 amide bonds. The fourth-order valence-corrected chi connectivity index (χ4v) is 3.02. The van der Waals surface area contributed by atoms with E-state index in [9.17, 15) is 10.1 Å². The SMILES string of the molecule is CC1(CNc2nc3sccn3c2[N+](=O)[O-])CCCO1. The van der Waals surface area contributed by atoms with Gasteiger partial charge in [0.15, 0.2) is 0 Å². The van der Waals surface area contributed by atoms with Crippen molar-refractivity contribution in [3.05, 3.63) is 21.7 Å². The molecule has 0 spiro atoms. The lowest BCUT2D eigenvalue weighted by Gasteiger charge is -2.22. The maximum absolute atomic E-state index is 11.1. The zero-order valence-electron chi connectivity index (χ0n) is 10.5. The molecule has 7 nitrogen and oxygen atoms in total. The number of rotatable bonds is 4. The monoisotopic (exact) mass is 282 g/mol. The molecule has 0 radical (unpaired) electrons. The number of nitro groups is 1. The minimum atomic E-state index is -0.410. The second-order valence-electron chi connectivity index (χ2n) is 4.85. The number of anilines is 1. The molecule has 2 aromatic rings. The highest BCUT2D eigenvalue weighted by Crippen LogP contribution is 2.30. The van der Waals surface area contributed by atoms with E-state index in [1.54, 1.807) is 11.6 Å². The van der Waals surface area contributed by atoms with E-state index in [1.807, 2.05) is 6.92 Å². The highest BCUT2D eigenvalue weighted by molar-refractivity contribution is 7.15. The molecule has 1 atom stereocenters. The molecule has 2 aromatic heterocycles. The van der Waals surface area contributed by atoms with Crippen LogP contribution in [0.15, 0.2) is 11.6 Å². The maximum Gasteiger partial charge on any atom is 0.372 e. The highest BCUT2D eigenvalue weighted by Gasteiger charge is 2.31. The first-order valence-electron chi connectivity index (χ1n) is 6.07. The number of hydrogen-bond acceptors (Lipinski definition) is 6. The third-order valence-corrected chi connectivity index (χ3v) is 4.10. The molecule has 1 fully saturated rings. The number of ether oxygens (including phenoxy) is 1. The summed E-state index contributed by atoms with van der Waals surface area (Å²) < 4.78 is 7.14. The fraction of sp³-hybridized carbons (Fsp3) is 0.545. The predicted molar refractivity (Wildman–Crippen MR) is 71.8 cm³/mol. The van der Waals surface area contributed by atoms with E-state index in [-0.39, 0.29) is 11.4 Å². The van der Waals surface area contributed by atoms with Crippen LogP contribution in [0.2, 0.25) is 0 Å². The lowest BCUT2D eigenvalue weighted by Crippen LogP contribution is -2.32. The second-order valence-corrected chi connectivity index (χ2v) is 5.73. The molecule has 0 aliphatic carbocycles. The number of imidazole rings is 1. The molecular weight excluding hydrogens is 268 g/mol. The Labute approximate surface area is 113 Å². The Kier molecular flexibility index (Phi) is 2.90. The summed E-state index contributed by atoms with van der Waals surface area (Å²) in [5.74, 6) is 0.298. The average Bonchev–Trinajstić information content (AvgIpc) is 3.00. The molecule has 19 heavy (non-hydrogen) atoms. The van der Waals surface area contributed by atoms with Crippen molar-refractivity contribution in [1.82, 2.24) is 9.38 Å². The van der Waals surface area contributed by atoms with Gasteiger partial charge in [-0.3, -0.25) is 0 Å². The van der Waals surface area contributed by atoms with Gasteiger partial charge < -0.3 is 20.2 Å². The van der Waals surface area contributed by atoms with Crippen molar-refractivity contribution in [2.45, 2.75) is 25.4 Å². The van der Waals surface area contributed by atoms with Gasteiger partial charge in [-0.1, -0.05) is 11.3 Å². The van der Waals surface area contributed by atoms with E-state index in [1.165, 1.54) is 15.7 Å². The average molecular weight is 282 g/mol. The van der Waals surface area contributed by atoms with Crippen LogP contribution >= 0.6 is 11.3 Å². The molecule has 8 heteroatoms. The van der Waals surface area contributed by atoms with E-state index < -0.39 is 4.92 Å². The molecule has 3 heterocycles. The van der Waals surface area contributed by atoms with Crippen molar-refractivity contribution >= 4 is 27.9 Å². The summed E-state index contributed by atoms with van der Waals surface area (Å²) in [4.78, 5) is 15.6. The van der Waals surface area contributed by atoms with Crippen LogP contribution in [0.25, 0.3) is 4.96 Å². The zero-order valence-corrected chi connectivity index (χ0v) is 11.3. The van der Waals surface area contributed by atoms with E-state index in [2.05, 4.69) is 10.3 Å². The number of fused-ring (bicyclic) bond motifs is 1. The van der Waals surface area contributed by atoms with Gasteiger partial charge in [-0.25, -0.2) is 0 Å². The van der Waals surface area contributed by atoms with E-state index in [0.29, 0.717) is 17.3 Å². The third-order valence-electron chi connectivity index (χ3n) is 3.34. The molecule has 0 bridgehead atoms. The summed E-state index contributed by atoms with van der Waals surface area (Å²) >= 11 is 1.37. The molecule has 1 aliphatic rings. The number of nitrogens with one attached hydrogen (secondary N) is 1. The minimum absolute atomic E-state index is 0.0159. The maximum atomic E-state index is 11.1. The van der Waals surface area contributed by atoms with Crippen LogP contribution in [0.1, 0.15) is 19.8 Å². The first kappa shape index (κ1) is 12.4. The Morgan fingerprint density at radius 1 is 1.74 bits per heavy atom. The topological polar surface area (TPSA) is 81.7 Å². The Bertz CT molecular complexity index is 615. The Hall–Kier alpha value is -1.67. The first-order valence-corrected chi connectivity index (χ1v) is 6.95. The summed E-state index contributed by atoms with van der Waals surface area (Å²) in [6.45, 7) is 3.29. The molecule has 1 unspecified atom stereocenters. The van der Waals surface area contributed by atoms with Gasteiger partial charge in [0, 0.05) is 18.5 Å². The van der Waals surface area contributed by atoms with E-state index >= 15 is 0 Å². The summed E-state index contributed by atoms with van der Waals surface area (Å²) in [6, 6.07) is 0. The fourth-order valence-electron chi connectivity index (χ4n) is 2.31. The molecule has 0 saturated carbocycles. The van der Waals surface area contributed by atoms with Crippen LogP contribution < -0.4 is 5.32 Å². The number of aromatic nitrogens is 2. The standard InChI is InChI=1S/C11H14N4O3S/c1-11(3-2-5-18-11)7-12-8-9(15(16)17)14-4-6-19-10(14)13-8/h4,6,12H,2-3,5,7H2,1H3. The molecule has 1 N–H and O–H groups in total. The van der Waals surface area contributed by atoms with Crippen molar-refractivity contribution in [3.63, 3.8) is 0 Å². The van der Waals surface area contributed by atoms with Gasteiger partial charge >= 0.3 is 5.82 Å². The Morgan fingerprint density at radius 2 is 2.58 bits per heavy atom. The Morgan fingerprint density at radius 3 is 3.26 bits per heavy atom. The zero-order chi connectivity index (χ0) is 13.5. The molecule has 0 aromatic carbocycles. The van der Waals surface area contributed by atoms with Crippen LogP contribution in [-0.4, -0.2) is 33.1 Å². The molecule has 1 saturated heterocycles. The lowest BCUT2D eigenvalue weighted by molar-refractivity contribution is -0.389. The van der Waals surface area contributed by atoms with Gasteiger partial charge in [-0.05, 0) is 24.7 Å². The van der Waals surface area contributed by atoms with Gasteiger partial charge in [-0.2, -0.15) is 9.38 Å². The quantitative estimate of drug-likeness (QED) is 0.687. The van der Waals surface area contributed by atoms with Crippen LogP contribution in [0, 0.1) is 10.1 Å². The van der Waals surface area contributed by atoms with E-state index in [0.717, 1.165) is 19.4 Å². The van der Waals surface area contributed by atoms with Gasteiger partial charge in [-0.15, -0.1) is 0 Å². The smallest absolute Gasteiger partial charge is 0.372 e.